The second-order valence-corrected chi connectivity index (χ2v) is 18.4. The summed E-state index contributed by atoms with van der Waals surface area (Å²) < 4.78 is 2.54. The molecule has 0 spiro atoms. The van der Waals surface area contributed by atoms with Gasteiger partial charge in [-0.2, -0.15) is 0 Å². The van der Waals surface area contributed by atoms with Crippen LogP contribution in [0.3, 0.4) is 0 Å². The minimum absolute atomic E-state index is 0.0102. The van der Waals surface area contributed by atoms with E-state index < -0.39 is 0 Å². The van der Waals surface area contributed by atoms with Gasteiger partial charge in [-0.3, -0.25) is 0 Å². The molecular weight excluding hydrogens is 765 g/mol. The molecule has 0 atom stereocenters. The highest BCUT2D eigenvalue weighted by Crippen LogP contribution is 2.46. The van der Waals surface area contributed by atoms with E-state index in [1.165, 1.54) is 33.3 Å². The minimum Gasteiger partial charge on any atom is -0.312 e. The van der Waals surface area contributed by atoms with Gasteiger partial charge in [0.05, 0.1) is 11.2 Å². The molecule has 2 heterocycles. The van der Waals surface area contributed by atoms with E-state index in [4.69, 9.17) is 15.0 Å². The molecule has 0 amide bonds. The van der Waals surface area contributed by atoms with Crippen molar-refractivity contribution in [2.75, 3.05) is 0 Å². The Hall–Kier alpha value is -7.35. The Morgan fingerprint density at radius 3 is 1.92 bits per heavy atom. The van der Waals surface area contributed by atoms with Gasteiger partial charge in [0.1, 0.15) is 0 Å². The third-order valence-corrected chi connectivity index (χ3v) is 12.2. The maximum Gasteiger partial charge on any atom is 0.164 e. The van der Waals surface area contributed by atoms with Crippen molar-refractivity contribution in [3.05, 3.63) is 205 Å². The number of aromatic nitrogens is 4. The summed E-state index contributed by atoms with van der Waals surface area (Å²) in [5.41, 5.74) is 16.6. The molecule has 0 bridgehead atoms. The Labute approximate surface area is 372 Å². The number of fused-ring (bicyclic) bond motifs is 3. The van der Waals surface area contributed by atoms with Crippen LogP contribution in [-0.4, -0.2) is 19.5 Å². The van der Waals surface area contributed by atoms with Crippen LogP contribution in [-0.2, 0) is 11.8 Å². The van der Waals surface area contributed by atoms with Crippen molar-refractivity contribution >= 4 is 22.6 Å². The zero-order chi connectivity index (χ0) is 43.9. The lowest BCUT2D eigenvalue weighted by molar-refractivity contribution is 0.483. The summed E-state index contributed by atoms with van der Waals surface area (Å²) in [5.74, 6) is 1.64. The minimum atomic E-state index is -0.0102. The molecule has 63 heavy (non-hydrogen) atoms. The number of hydrogen-bond acceptors (Lipinski definition) is 3. The largest absolute Gasteiger partial charge is 0.312 e. The van der Waals surface area contributed by atoms with Crippen LogP contribution in [0.1, 0.15) is 70.6 Å². The van der Waals surface area contributed by atoms with E-state index in [9.17, 15) is 0 Å². The molecule has 9 rings (SSSR count). The average molecular weight is 817 g/mol. The first kappa shape index (κ1) is 41.0. The normalized spacial score (nSPS) is 13.0. The fourth-order valence-electron chi connectivity index (χ4n) is 8.71. The molecule has 1 aliphatic rings. The van der Waals surface area contributed by atoms with Gasteiger partial charge < -0.3 is 4.57 Å². The van der Waals surface area contributed by atoms with Crippen molar-refractivity contribution in [1.82, 2.24) is 19.5 Å². The van der Waals surface area contributed by atoms with Crippen LogP contribution >= 0.6 is 0 Å². The Morgan fingerprint density at radius 2 is 1.29 bits per heavy atom. The highest BCUT2D eigenvalue weighted by Gasteiger charge is 2.30. The van der Waals surface area contributed by atoms with Crippen LogP contribution in [0, 0.1) is 17.5 Å². The molecule has 1 aliphatic carbocycles. The van der Waals surface area contributed by atoms with Gasteiger partial charge in [-0.1, -0.05) is 194 Å². The Bertz CT molecular complexity index is 3000. The van der Waals surface area contributed by atoms with Gasteiger partial charge in [0.15, 0.2) is 17.5 Å². The van der Waals surface area contributed by atoms with Crippen LogP contribution in [0.4, 0.5) is 0 Å². The van der Waals surface area contributed by atoms with Crippen molar-refractivity contribution in [2.45, 2.75) is 59.8 Å². The van der Waals surface area contributed by atoms with Gasteiger partial charge in [0.2, 0.25) is 0 Å². The van der Waals surface area contributed by atoms with Crippen LogP contribution < -0.4 is 0 Å². The fraction of sp³-hybridized carbons (Fsp3) is 0.169. The number of allylic oxidation sites excluding steroid dienone is 5. The predicted octanol–water partition coefficient (Wildman–Crippen LogP) is 15.2. The summed E-state index contributed by atoms with van der Waals surface area (Å²) in [5, 5.41) is 1.27. The maximum absolute atomic E-state index is 5.26. The molecule has 0 saturated heterocycles. The third-order valence-electron chi connectivity index (χ3n) is 12.2. The molecule has 0 saturated carbocycles. The van der Waals surface area contributed by atoms with E-state index in [0.717, 1.165) is 68.6 Å². The van der Waals surface area contributed by atoms with Crippen LogP contribution in [0.5, 0.6) is 0 Å². The average Bonchev–Trinajstić information content (AvgIpc) is 3.63. The van der Waals surface area contributed by atoms with Crippen LogP contribution in [0.2, 0.25) is 0 Å². The SMILES string of the molecule is C=C/C=C(\C=C)c1nc(-c2ccc(-c3ccccc3)cc2)nc(-c2cc(-c3c#cccc3)c(-n3c4c(c5cc(C(C)(C)C)ccc53)C=C(C(C)(C)C)CC4)c(-c3ccccc3)c2)n1. The molecule has 2 aromatic heterocycles. The quantitative estimate of drug-likeness (QED) is 0.136. The van der Waals surface area contributed by atoms with Crippen molar-refractivity contribution in [3.8, 4) is 61.8 Å². The summed E-state index contributed by atoms with van der Waals surface area (Å²) in [6.07, 6.45) is 9.79. The Balaban J connectivity index is 1.35. The van der Waals surface area contributed by atoms with Crippen molar-refractivity contribution in [3.63, 3.8) is 0 Å². The lowest BCUT2D eigenvalue weighted by Crippen LogP contribution is -2.15. The molecule has 4 nitrogen and oxygen atoms in total. The van der Waals surface area contributed by atoms with Gasteiger partial charge in [-0.05, 0) is 82.3 Å². The summed E-state index contributed by atoms with van der Waals surface area (Å²) in [4.78, 5) is 15.5. The van der Waals surface area contributed by atoms with E-state index in [1.54, 1.807) is 12.2 Å². The zero-order valence-electron chi connectivity index (χ0n) is 37.1. The van der Waals surface area contributed by atoms with Crippen LogP contribution in [0.25, 0.3) is 84.4 Å². The predicted molar refractivity (Wildman–Crippen MR) is 264 cm³/mol. The standard InChI is InChI=1S/C59H52N4/c1-9-20-39(10-2)55-60-56(44-29-27-41(28-30-44)40-21-14-11-15-22-40)62-57(61-55)45-35-48(42-23-16-12-17-24-42)54(49(36-45)43-25-18-13-19-26-43)63-52-33-31-46(58(3,4)5)37-50(52)51-38-47(59(6,7)8)32-34-53(51)63/h9-18,20-25,27-31,33,35-38H,1-2,32,34H2,3-8H3/b39-20+. The lowest BCUT2D eigenvalue weighted by atomic mass is 9.79. The van der Waals surface area contributed by atoms with Gasteiger partial charge in [-0.25, -0.2) is 15.0 Å². The van der Waals surface area contributed by atoms with Gasteiger partial charge in [0.25, 0.3) is 0 Å². The first-order chi connectivity index (χ1) is 30.4. The number of rotatable bonds is 9. The molecule has 4 heteroatoms. The monoisotopic (exact) mass is 816 g/mol. The number of nitrogens with zero attached hydrogens (tertiary/aromatic N) is 4. The molecule has 0 fully saturated rings. The zero-order valence-corrected chi connectivity index (χ0v) is 37.1. The summed E-state index contributed by atoms with van der Waals surface area (Å²) in [6.45, 7) is 22.0. The van der Waals surface area contributed by atoms with Crippen molar-refractivity contribution in [1.29, 1.82) is 0 Å². The Kier molecular flexibility index (Phi) is 10.7. The van der Waals surface area contributed by atoms with E-state index in [-0.39, 0.29) is 10.8 Å². The van der Waals surface area contributed by atoms with Crippen LogP contribution in [0.15, 0.2) is 170 Å². The lowest BCUT2D eigenvalue weighted by Gasteiger charge is -2.28. The molecule has 6 aromatic carbocycles. The fourth-order valence-corrected chi connectivity index (χ4v) is 8.71. The highest BCUT2D eigenvalue weighted by atomic mass is 15.0. The van der Waals surface area contributed by atoms with E-state index in [1.807, 2.05) is 24.3 Å². The number of hydrogen-bond donors (Lipinski definition) is 0. The third kappa shape index (κ3) is 8.00. The first-order valence-electron chi connectivity index (χ1n) is 21.8. The van der Waals surface area contributed by atoms with E-state index in [0.29, 0.717) is 17.5 Å². The molecule has 0 aliphatic heterocycles. The molecule has 0 unspecified atom stereocenters. The first-order valence-corrected chi connectivity index (χ1v) is 21.8. The van der Waals surface area contributed by atoms with E-state index >= 15 is 0 Å². The molecule has 308 valence electrons. The van der Waals surface area contributed by atoms with Gasteiger partial charge in [0, 0.05) is 50.0 Å². The summed E-state index contributed by atoms with van der Waals surface area (Å²) >= 11 is 0. The van der Waals surface area contributed by atoms with E-state index in [2.05, 4.69) is 193 Å². The molecular formula is C59H52N4. The second-order valence-electron chi connectivity index (χ2n) is 18.4. The second kappa shape index (κ2) is 16.5. The van der Waals surface area contributed by atoms with Crippen molar-refractivity contribution in [2.24, 2.45) is 5.41 Å². The number of benzene rings is 5. The van der Waals surface area contributed by atoms with Crippen molar-refractivity contribution < 1.29 is 0 Å². The molecule has 8 aromatic rings. The molecule has 0 N–H and O–H groups in total. The summed E-state index contributed by atoms with van der Waals surface area (Å²) in [6, 6.07) is 53.9. The highest BCUT2D eigenvalue weighted by molar-refractivity contribution is 5.99. The Morgan fingerprint density at radius 1 is 0.635 bits per heavy atom. The summed E-state index contributed by atoms with van der Waals surface area (Å²) in [7, 11) is 0. The maximum atomic E-state index is 5.26. The van der Waals surface area contributed by atoms with Gasteiger partial charge >= 0.3 is 0 Å². The van der Waals surface area contributed by atoms with Gasteiger partial charge in [-0.15, -0.1) is 0 Å². The topological polar surface area (TPSA) is 43.6 Å². The molecule has 0 radical (unpaired) electrons. The smallest absolute Gasteiger partial charge is 0.164 e.